The van der Waals surface area contributed by atoms with E-state index in [4.69, 9.17) is 0 Å². The molecule has 0 heterocycles. The fourth-order valence-electron chi connectivity index (χ4n) is 4.37. The van der Waals surface area contributed by atoms with Crippen LogP contribution in [0.3, 0.4) is 0 Å². The molecule has 5 aromatic carbocycles. The van der Waals surface area contributed by atoms with Crippen LogP contribution < -0.4 is 0 Å². The van der Waals surface area contributed by atoms with Crippen LogP contribution in [0, 0.1) is 0 Å². The highest BCUT2D eigenvalue weighted by molar-refractivity contribution is 7.98. The average Bonchev–Trinajstić information content (AvgIpc) is 2.88. The van der Waals surface area contributed by atoms with E-state index in [0.717, 1.165) is 0 Å². The van der Waals surface area contributed by atoms with Crippen LogP contribution in [-0.4, -0.2) is 11.2 Å². The Morgan fingerprint density at radius 2 is 0.861 bits per heavy atom. The van der Waals surface area contributed by atoms with Gasteiger partial charge in [-0.3, -0.25) is 0 Å². The molecular weight excluding hydrogens is 494 g/mol. The van der Waals surface area contributed by atoms with E-state index in [2.05, 4.69) is 0 Å². The van der Waals surface area contributed by atoms with E-state index in [9.17, 15) is 0 Å². The van der Waals surface area contributed by atoms with E-state index in [1.165, 1.54) is 84.9 Å². The largest absolute Gasteiger partial charge is 0.491 e. The summed E-state index contributed by atoms with van der Waals surface area (Å²) < 4.78 is 95.8. The molecule has 0 saturated carbocycles. The van der Waals surface area contributed by atoms with Gasteiger partial charge in [0.1, 0.15) is 10.9 Å². The van der Waals surface area contributed by atoms with Crippen molar-refractivity contribution in [3.05, 3.63) is 121 Å². The number of halogens is 6. The molecule has 0 nitrogen and oxygen atoms in total. The first-order chi connectivity index (χ1) is 17.2. The lowest BCUT2D eigenvalue weighted by atomic mass is 9.90. The highest BCUT2D eigenvalue weighted by Gasteiger charge is 2.81. The summed E-state index contributed by atoms with van der Waals surface area (Å²) in [5.41, 5.74) is -1.11. The quantitative estimate of drug-likeness (QED) is 0.121. The molecule has 0 aliphatic heterocycles. The molecule has 0 atom stereocenters. The SMILES string of the molecule is FC(F)(c1c2ccccc2cc2ccccc12)C(F)(F)C(F)(F)[S+](c1ccccc1)c1ccccc1. The van der Waals surface area contributed by atoms with Gasteiger partial charge in [-0.1, -0.05) is 84.9 Å². The van der Waals surface area contributed by atoms with Crippen molar-refractivity contribution in [3.8, 4) is 0 Å². The van der Waals surface area contributed by atoms with Gasteiger partial charge in [-0.15, -0.1) is 8.78 Å². The molecule has 0 saturated heterocycles. The van der Waals surface area contributed by atoms with Crippen LogP contribution in [-0.2, 0) is 16.8 Å². The highest BCUT2D eigenvalue weighted by atomic mass is 32.2. The van der Waals surface area contributed by atoms with E-state index in [-0.39, 0.29) is 31.3 Å². The number of alkyl halides is 6. The fraction of sp³-hybridized carbons (Fsp3) is 0.103. The number of benzene rings is 5. The van der Waals surface area contributed by atoms with Gasteiger partial charge in [0, 0.05) is 5.56 Å². The van der Waals surface area contributed by atoms with Gasteiger partial charge >= 0.3 is 17.1 Å². The summed E-state index contributed by atoms with van der Waals surface area (Å²) in [6.07, 6.45) is 0. The Bertz CT molecular complexity index is 1420. The fourth-order valence-corrected chi connectivity index (χ4v) is 6.47. The molecule has 0 unspecified atom stereocenters. The van der Waals surface area contributed by atoms with Crippen LogP contribution in [0.1, 0.15) is 5.56 Å². The standard InChI is InChI=1S/C29H19F6S/c30-27(31,26-24-17-9-7-11-20(24)19-21-12-8-10-18-25(21)26)28(32,33)29(34,35)36(22-13-3-1-4-14-22)23-15-5-2-6-16-23/h1-19H/q+1. The molecule has 0 radical (unpaired) electrons. The monoisotopic (exact) mass is 513 g/mol. The first-order valence-electron chi connectivity index (χ1n) is 11.0. The summed E-state index contributed by atoms with van der Waals surface area (Å²) >= 11 is 0. The third-order valence-corrected chi connectivity index (χ3v) is 8.32. The zero-order chi connectivity index (χ0) is 25.6. The average molecular weight is 514 g/mol. The molecule has 182 valence electrons. The molecule has 0 amide bonds. The van der Waals surface area contributed by atoms with E-state index < -0.39 is 33.6 Å². The van der Waals surface area contributed by atoms with Crippen LogP contribution in [0.25, 0.3) is 21.5 Å². The van der Waals surface area contributed by atoms with E-state index in [1.807, 2.05) is 0 Å². The summed E-state index contributed by atoms with van der Waals surface area (Å²) in [7, 11) is -2.68. The second-order valence-electron chi connectivity index (χ2n) is 8.29. The molecule has 0 aliphatic carbocycles. The van der Waals surface area contributed by atoms with Crippen molar-refractivity contribution in [2.45, 2.75) is 26.9 Å². The Labute approximate surface area is 206 Å². The third kappa shape index (κ3) is 3.73. The normalized spacial score (nSPS) is 13.0. The van der Waals surface area contributed by atoms with Crippen molar-refractivity contribution in [3.63, 3.8) is 0 Å². The molecule has 0 spiro atoms. The Balaban J connectivity index is 1.76. The lowest BCUT2D eigenvalue weighted by Gasteiger charge is -2.32. The van der Waals surface area contributed by atoms with Crippen LogP contribution in [0.5, 0.6) is 0 Å². The number of hydrogen-bond acceptors (Lipinski definition) is 0. The van der Waals surface area contributed by atoms with Gasteiger partial charge in [0.2, 0.25) is 0 Å². The van der Waals surface area contributed by atoms with Gasteiger partial charge in [-0.25, -0.2) is 0 Å². The lowest BCUT2D eigenvalue weighted by molar-refractivity contribution is -0.283. The van der Waals surface area contributed by atoms with Gasteiger partial charge in [0.15, 0.2) is 9.79 Å². The van der Waals surface area contributed by atoms with Crippen molar-refractivity contribution in [2.24, 2.45) is 0 Å². The number of rotatable bonds is 6. The minimum Gasteiger partial charge on any atom is -0.194 e. The topological polar surface area (TPSA) is 0 Å². The third-order valence-electron chi connectivity index (χ3n) is 6.06. The minimum atomic E-state index is -5.73. The second-order valence-corrected chi connectivity index (χ2v) is 10.4. The maximum Gasteiger partial charge on any atom is 0.491 e. The van der Waals surface area contributed by atoms with Gasteiger partial charge < -0.3 is 0 Å². The van der Waals surface area contributed by atoms with Crippen LogP contribution in [0.2, 0.25) is 0 Å². The van der Waals surface area contributed by atoms with Crippen LogP contribution in [0.15, 0.2) is 125 Å². The van der Waals surface area contributed by atoms with Gasteiger partial charge in [0.25, 0.3) is 0 Å². The van der Waals surface area contributed by atoms with Gasteiger partial charge in [-0.05, 0) is 51.9 Å². The molecule has 0 bridgehead atoms. The molecule has 5 aromatic rings. The molecule has 0 N–H and O–H groups in total. The predicted molar refractivity (Wildman–Crippen MR) is 132 cm³/mol. The predicted octanol–water partition coefficient (Wildman–Crippen LogP) is 9.05. The Morgan fingerprint density at radius 1 is 0.472 bits per heavy atom. The molecule has 0 aliphatic rings. The summed E-state index contributed by atoms with van der Waals surface area (Å²) in [5, 5.41) is -5.01. The van der Waals surface area contributed by atoms with Gasteiger partial charge in [0.05, 0.1) is 0 Å². The van der Waals surface area contributed by atoms with Crippen LogP contribution >= 0.6 is 0 Å². The highest BCUT2D eigenvalue weighted by Crippen LogP contribution is 2.58. The second kappa shape index (κ2) is 8.89. The maximum absolute atomic E-state index is 16.1. The van der Waals surface area contributed by atoms with Crippen molar-refractivity contribution in [1.29, 1.82) is 0 Å². The smallest absolute Gasteiger partial charge is 0.194 e. The maximum atomic E-state index is 16.1. The van der Waals surface area contributed by atoms with E-state index in [1.54, 1.807) is 30.3 Å². The first kappa shape index (κ1) is 24.3. The number of hydrogen-bond donors (Lipinski definition) is 0. The van der Waals surface area contributed by atoms with Crippen molar-refractivity contribution in [2.75, 3.05) is 0 Å². The van der Waals surface area contributed by atoms with E-state index in [0.29, 0.717) is 0 Å². The van der Waals surface area contributed by atoms with Crippen LogP contribution in [0.4, 0.5) is 26.3 Å². The van der Waals surface area contributed by atoms with E-state index >= 15 is 26.3 Å². The number of fused-ring (bicyclic) bond motifs is 2. The van der Waals surface area contributed by atoms with Crippen molar-refractivity contribution >= 4 is 32.4 Å². The molecule has 0 fully saturated rings. The zero-order valence-electron chi connectivity index (χ0n) is 18.6. The molecule has 36 heavy (non-hydrogen) atoms. The van der Waals surface area contributed by atoms with Crippen molar-refractivity contribution in [1.82, 2.24) is 0 Å². The molecular formula is C29H19F6S+. The Kier molecular flexibility index (Phi) is 5.99. The zero-order valence-corrected chi connectivity index (χ0v) is 19.5. The summed E-state index contributed by atoms with van der Waals surface area (Å²) in [4.78, 5) is -0.320. The van der Waals surface area contributed by atoms with Gasteiger partial charge in [-0.2, -0.15) is 17.6 Å². The first-order valence-corrected chi connectivity index (χ1v) is 12.3. The summed E-state index contributed by atoms with van der Waals surface area (Å²) in [6, 6.07) is 26.9. The Morgan fingerprint density at radius 3 is 1.31 bits per heavy atom. The minimum absolute atomic E-state index is 0.160. The van der Waals surface area contributed by atoms with Crippen molar-refractivity contribution < 1.29 is 26.3 Å². The molecule has 5 rings (SSSR count). The molecule has 7 heteroatoms. The molecule has 0 aromatic heterocycles. The summed E-state index contributed by atoms with van der Waals surface area (Å²) in [5.74, 6) is -10.9. The summed E-state index contributed by atoms with van der Waals surface area (Å²) in [6.45, 7) is 0. The lowest BCUT2D eigenvalue weighted by Crippen LogP contribution is -2.56. The Hall–Kier alpha value is -3.45.